The number of ether oxygens (including phenoxy) is 1. The zero-order chi connectivity index (χ0) is 24.0. The van der Waals surface area contributed by atoms with Gasteiger partial charge in [-0.15, -0.1) is 0 Å². The summed E-state index contributed by atoms with van der Waals surface area (Å²) in [6, 6.07) is 16.7. The first-order valence-electron chi connectivity index (χ1n) is 10.3. The van der Waals surface area contributed by atoms with E-state index in [-0.39, 0.29) is 11.7 Å². The Hall–Kier alpha value is -2.84. The van der Waals surface area contributed by atoms with Gasteiger partial charge >= 0.3 is 12.1 Å². The number of phenolic OH excluding ortho intramolecular Hbond substituents is 1. The number of aliphatic carboxylic acids is 1. The number of benzene rings is 3. The van der Waals surface area contributed by atoms with Gasteiger partial charge in [-0.25, -0.2) is 9.59 Å². The molecule has 1 amide bonds. The minimum Gasteiger partial charge on any atom is -0.506 e. The Morgan fingerprint density at radius 3 is 2.61 bits per heavy atom. The molecule has 3 rings (SSSR count). The summed E-state index contributed by atoms with van der Waals surface area (Å²) in [5, 5.41) is 24.1. The van der Waals surface area contributed by atoms with Gasteiger partial charge in [-0.05, 0) is 58.3 Å². The molecule has 0 bridgehead atoms. The van der Waals surface area contributed by atoms with E-state index in [1.54, 1.807) is 24.3 Å². The lowest BCUT2D eigenvalue weighted by atomic mass is 9.92. The SMILES string of the molecule is C[C@@H](CC/C=C/C(=O)O)[C@@H](OC(=O)Nc1cccc2ccccc12)c1cc(Br)cc(Br)c1O. The van der Waals surface area contributed by atoms with Crippen LogP contribution in [0.5, 0.6) is 5.75 Å². The van der Waals surface area contributed by atoms with Gasteiger partial charge in [-0.3, -0.25) is 5.32 Å². The van der Waals surface area contributed by atoms with E-state index in [4.69, 9.17) is 9.84 Å². The van der Waals surface area contributed by atoms with Crippen LogP contribution in [0, 0.1) is 5.92 Å². The topological polar surface area (TPSA) is 95.9 Å². The molecule has 3 N–H and O–H groups in total. The maximum Gasteiger partial charge on any atom is 0.412 e. The van der Waals surface area contributed by atoms with Gasteiger partial charge in [0.1, 0.15) is 11.9 Å². The van der Waals surface area contributed by atoms with E-state index in [1.807, 2.05) is 43.3 Å². The van der Waals surface area contributed by atoms with Crippen LogP contribution in [0.1, 0.15) is 31.4 Å². The number of amides is 1. The zero-order valence-corrected chi connectivity index (χ0v) is 21.0. The van der Waals surface area contributed by atoms with Crippen molar-refractivity contribution in [1.82, 2.24) is 0 Å². The lowest BCUT2D eigenvalue weighted by Crippen LogP contribution is -2.22. The van der Waals surface area contributed by atoms with Crippen LogP contribution >= 0.6 is 31.9 Å². The molecule has 0 aliphatic rings. The average molecular weight is 577 g/mol. The Balaban J connectivity index is 1.85. The molecule has 0 heterocycles. The molecule has 0 saturated carbocycles. The molecule has 0 fully saturated rings. The van der Waals surface area contributed by atoms with Crippen molar-refractivity contribution in [3.63, 3.8) is 0 Å². The number of nitrogens with one attached hydrogen (secondary N) is 1. The molecular formula is C25H23Br2NO5. The Morgan fingerprint density at radius 2 is 1.85 bits per heavy atom. The van der Waals surface area contributed by atoms with E-state index in [0.29, 0.717) is 33.0 Å². The molecule has 0 aromatic heterocycles. The number of rotatable bonds is 8. The number of carbonyl (C=O) groups is 2. The number of aromatic hydroxyl groups is 1. The number of carboxylic acids is 1. The van der Waals surface area contributed by atoms with Crippen molar-refractivity contribution in [3.05, 3.63) is 81.3 Å². The summed E-state index contributed by atoms with van der Waals surface area (Å²) < 4.78 is 7.01. The highest BCUT2D eigenvalue weighted by molar-refractivity contribution is 9.11. The molecule has 172 valence electrons. The van der Waals surface area contributed by atoms with Gasteiger partial charge in [0.05, 0.1) is 10.2 Å². The van der Waals surface area contributed by atoms with E-state index in [1.165, 1.54) is 0 Å². The highest BCUT2D eigenvalue weighted by Gasteiger charge is 2.27. The molecule has 33 heavy (non-hydrogen) atoms. The summed E-state index contributed by atoms with van der Waals surface area (Å²) in [6.07, 6.45) is 2.24. The maximum absolute atomic E-state index is 12.9. The van der Waals surface area contributed by atoms with Crippen LogP contribution in [0.15, 0.2) is 75.7 Å². The second kappa shape index (κ2) is 11.3. The number of hydrogen-bond donors (Lipinski definition) is 3. The molecule has 0 saturated heterocycles. The first kappa shape index (κ1) is 24.8. The highest BCUT2D eigenvalue weighted by atomic mass is 79.9. The van der Waals surface area contributed by atoms with E-state index in [9.17, 15) is 14.7 Å². The molecular weight excluding hydrogens is 554 g/mol. The van der Waals surface area contributed by atoms with Gasteiger partial charge in [0.25, 0.3) is 0 Å². The summed E-state index contributed by atoms with van der Waals surface area (Å²) in [7, 11) is 0. The summed E-state index contributed by atoms with van der Waals surface area (Å²) in [6.45, 7) is 1.89. The predicted molar refractivity (Wildman–Crippen MR) is 135 cm³/mol. The summed E-state index contributed by atoms with van der Waals surface area (Å²) in [5.74, 6) is -1.25. The number of halogens is 2. The number of hydrogen-bond acceptors (Lipinski definition) is 4. The summed E-state index contributed by atoms with van der Waals surface area (Å²) in [4.78, 5) is 23.6. The fourth-order valence-electron chi connectivity index (χ4n) is 3.57. The van der Waals surface area contributed by atoms with Crippen LogP contribution in [0.4, 0.5) is 10.5 Å². The minimum absolute atomic E-state index is 0.0194. The quantitative estimate of drug-likeness (QED) is 0.242. The Kier molecular flexibility index (Phi) is 8.52. The van der Waals surface area contributed by atoms with Crippen molar-refractivity contribution in [2.24, 2.45) is 5.92 Å². The van der Waals surface area contributed by atoms with Gasteiger partial charge < -0.3 is 14.9 Å². The molecule has 2 atom stereocenters. The lowest BCUT2D eigenvalue weighted by Gasteiger charge is -2.26. The van der Waals surface area contributed by atoms with Crippen LogP contribution in [0.25, 0.3) is 10.8 Å². The number of allylic oxidation sites excluding steroid dienone is 1. The Morgan fingerprint density at radius 1 is 1.12 bits per heavy atom. The standard InChI is InChI=1S/C25H23Br2NO5/c1-15(7-2-5-12-22(29)30)24(19-13-17(26)14-20(27)23(19)31)33-25(32)28-21-11-6-9-16-8-3-4-10-18(16)21/h3-6,8-15,24,31H,2,7H2,1H3,(H,28,32)(H,29,30)/b12-5+/t15-,24+/m0/s1. The van der Waals surface area contributed by atoms with Crippen LogP contribution in [-0.2, 0) is 9.53 Å². The zero-order valence-electron chi connectivity index (χ0n) is 17.8. The third-order valence-electron chi connectivity index (χ3n) is 5.19. The monoisotopic (exact) mass is 575 g/mol. The second-order valence-electron chi connectivity index (χ2n) is 7.60. The maximum atomic E-state index is 12.9. The van der Waals surface area contributed by atoms with Crippen LogP contribution in [-0.4, -0.2) is 22.3 Å². The van der Waals surface area contributed by atoms with Gasteiger partial charge in [0.2, 0.25) is 0 Å². The average Bonchev–Trinajstić information content (AvgIpc) is 2.77. The van der Waals surface area contributed by atoms with Crippen molar-refractivity contribution in [1.29, 1.82) is 0 Å². The summed E-state index contributed by atoms with van der Waals surface area (Å²) >= 11 is 6.75. The Bertz CT molecular complexity index is 1190. The van der Waals surface area contributed by atoms with E-state index in [0.717, 1.165) is 16.8 Å². The van der Waals surface area contributed by atoms with Crippen molar-refractivity contribution in [2.75, 3.05) is 5.32 Å². The van der Waals surface area contributed by atoms with Gasteiger partial charge in [-0.1, -0.05) is 65.3 Å². The highest BCUT2D eigenvalue weighted by Crippen LogP contribution is 2.41. The smallest absolute Gasteiger partial charge is 0.412 e. The van der Waals surface area contributed by atoms with Crippen molar-refractivity contribution >= 4 is 60.4 Å². The Labute approximate surface area is 208 Å². The van der Waals surface area contributed by atoms with E-state index >= 15 is 0 Å². The van der Waals surface area contributed by atoms with E-state index < -0.39 is 18.2 Å². The third-order valence-corrected chi connectivity index (χ3v) is 6.25. The minimum atomic E-state index is -1.02. The number of carboxylic acid groups (broad SMARTS) is 1. The van der Waals surface area contributed by atoms with Crippen molar-refractivity contribution in [2.45, 2.75) is 25.9 Å². The molecule has 3 aromatic carbocycles. The van der Waals surface area contributed by atoms with Crippen LogP contribution in [0.2, 0.25) is 0 Å². The van der Waals surface area contributed by atoms with Gasteiger partial charge in [0.15, 0.2) is 0 Å². The molecule has 0 aliphatic heterocycles. The largest absolute Gasteiger partial charge is 0.506 e. The summed E-state index contributed by atoms with van der Waals surface area (Å²) in [5.41, 5.74) is 1.06. The van der Waals surface area contributed by atoms with Crippen molar-refractivity contribution < 1.29 is 24.5 Å². The van der Waals surface area contributed by atoms with Crippen LogP contribution < -0.4 is 5.32 Å². The molecule has 8 heteroatoms. The fraction of sp³-hybridized carbons (Fsp3) is 0.200. The molecule has 0 unspecified atom stereocenters. The van der Waals surface area contributed by atoms with Crippen molar-refractivity contribution in [3.8, 4) is 5.75 Å². The first-order valence-corrected chi connectivity index (χ1v) is 11.9. The number of carbonyl (C=O) groups excluding carboxylic acids is 1. The molecule has 0 spiro atoms. The fourth-order valence-corrected chi connectivity index (χ4v) is 4.83. The second-order valence-corrected chi connectivity index (χ2v) is 9.37. The van der Waals surface area contributed by atoms with Gasteiger partial charge in [-0.2, -0.15) is 0 Å². The number of fused-ring (bicyclic) bond motifs is 1. The number of phenols is 1. The first-order chi connectivity index (χ1) is 15.8. The predicted octanol–water partition coefficient (Wildman–Crippen LogP) is 7.42. The van der Waals surface area contributed by atoms with Crippen LogP contribution in [0.3, 0.4) is 0 Å². The molecule has 3 aromatic rings. The number of anilines is 1. The van der Waals surface area contributed by atoms with E-state index in [2.05, 4.69) is 37.2 Å². The van der Waals surface area contributed by atoms with Gasteiger partial charge in [0, 0.05) is 21.5 Å². The molecule has 6 nitrogen and oxygen atoms in total. The molecule has 0 aliphatic carbocycles. The lowest BCUT2D eigenvalue weighted by molar-refractivity contribution is -0.131. The third kappa shape index (κ3) is 6.58. The molecule has 0 radical (unpaired) electrons. The normalized spacial score (nSPS) is 13.1.